The number of aliphatic hydroxyl groups is 1. The molecule has 0 spiro atoms. The van der Waals surface area contributed by atoms with Gasteiger partial charge in [0.1, 0.15) is 11.5 Å². The molecule has 6 nitrogen and oxygen atoms in total. The maximum absolute atomic E-state index is 13.3. The Balaban J connectivity index is 2.12. The quantitative estimate of drug-likeness (QED) is 0.831. The molecule has 0 unspecified atom stereocenters. The fourth-order valence-corrected chi connectivity index (χ4v) is 2.56. The van der Waals surface area contributed by atoms with E-state index in [1.165, 1.54) is 19.2 Å². The first-order valence-corrected chi connectivity index (χ1v) is 8.02. The summed E-state index contributed by atoms with van der Waals surface area (Å²) in [4.78, 5) is 12.2. The van der Waals surface area contributed by atoms with E-state index in [9.17, 15) is 23.1 Å². The highest BCUT2D eigenvalue weighted by atomic mass is 19.4. The van der Waals surface area contributed by atoms with Gasteiger partial charge < -0.3 is 14.6 Å². The van der Waals surface area contributed by atoms with Crippen LogP contribution in [-0.2, 0) is 4.79 Å². The lowest BCUT2D eigenvalue weighted by Gasteiger charge is -2.32. The molecule has 1 amide bonds. The first kappa shape index (κ1) is 20.0. The summed E-state index contributed by atoms with van der Waals surface area (Å²) in [7, 11) is 1.48. The van der Waals surface area contributed by atoms with Crippen LogP contribution in [0.25, 0.3) is 0 Å². The van der Waals surface area contributed by atoms with Gasteiger partial charge >= 0.3 is 6.18 Å². The highest BCUT2D eigenvalue weighted by molar-refractivity contribution is 5.91. The average Bonchev–Trinajstić information content (AvgIpc) is 2.90. The second-order valence-electron chi connectivity index (χ2n) is 6.43. The molecule has 1 aromatic rings. The Morgan fingerprint density at radius 3 is 2.38 bits per heavy atom. The second kappa shape index (κ2) is 7.53. The molecule has 26 heavy (non-hydrogen) atoms. The molecule has 1 atom stereocenters. The SMILES string of the molecule is COc1ccc(OCC(=O)N2N=C(CC(C)C)C[C@]2(O)C(F)(F)F)cc1. The van der Waals surface area contributed by atoms with Crippen molar-refractivity contribution in [2.45, 2.75) is 38.6 Å². The van der Waals surface area contributed by atoms with Crippen LogP contribution in [0.2, 0.25) is 0 Å². The molecule has 0 saturated heterocycles. The highest BCUT2D eigenvalue weighted by Gasteiger charge is 2.63. The smallest absolute Gasteiger partial charge is 0.438 e. The van der Waals surface area contributed by atoms with Crippen LogP contribution in [0.1, 0.15) is 26.7 Å². The second-order valence-corrected chi connectivity index (χ2v) is 6.43. The topological polar surface area (TPSA) is 71.4 Å². The number of benzene rings is 1. The molecule has 9 heteroatoms. The van der Waals surface area contributed by atoms with E-state index in [-0.39, 0.29) is 28.8 Å². The Bertz CT molecular complexity index is 674. The molecule has 2 rings (SSSR count). The summed E-state index contributed by atoms with van der Waals surface area (Å²) in [6, 6.07) is 6.19. The van der Waals surface area contributed by atoms with E-state index < -0.39 is 30.8 Å². The molecule has 1 heterocycles. The zero-order valence-corrected chi connectivity index (χ0v) is 14.7. The number of hydrogen-bond acceptors (Lipinski definition) is 5. The average molecular weight is 374 g/mol. The van der Waals surface area contributed by atoms with Gasteiger partial charge in [-0.1, -0.05) is 13.8 Å². The van der Waals surface area contributed by atoms with E-state index >= 15 is 0 Å². The summed E-state index contributed by atoms with van der Waals surface area (Å²) < 4.78 is 50.2. The lowest BCUT2D eigenvalue weighted by molar-refractivity contribution is -0.302. The number of carbonyl (C=O) groups excluding carboxylic acids is 1. The Hall–Kier alpha value is -2.29. The van der Waals surface area contributed by atoms with Gasteiger partial charge in [0.2, 0.25) is 0 Å². The van der Waals surface area contributed by atoms with Crippen LogP contribution in [0.15, 0.2) is 29.4 Å². The molecule has 0 aliphatic carbocycles. The van der Waals surface area contributed by atoms with Crippen LogP contribution in [0.5, 0.6) is 11.5 Å². The van der Waals surface area contributed by atoms with Crippen LogP contribution in [0.4, 0.5) is 13.2 Å². The molecule has 144 valence electrons. The predicted molar refractivity (Wildman–Crippen MR) is 87.8 cm³/mol. The summed E-state index contributed by atoms with van der Waals surface area (Å²) in [6.45, 7) is 2.93. The van der Waals surface area contributed by atoms with Gasteiger partial charge in [-0.2, -0.15) is 23.3 Å². The van der Waals surface area contributed by atoms with Crippen molar-refractivity contribution in [1.82, 2.24) is 5.01 Å². The van der Waals surface area contributed by atoms with E-state index in [1.807, 2.05) is 13.8 Å². The third-order valence-electron chi connectivity index (χ3n) is 3.80. The molecular formula is C17H21F3N2O4. The summed E-state index contributed by atoms with van der Waals surface area (Å²) in [5.74, 6) is -0.200. The summed E-state index contributed by atoms with van der Waals surface area (Å²) in [5, 5.41) is 13.9. The minimum atomic E-state index is -5.04. The van der Waals surface area contributed by atoms with Crippen LogP contribution in [0.3, 0.4) is 0 Å². The first-order valence-electron chi connectivity index (χ1n) is 8.02. The minimum absolute atomic E-state index is 0.0387. The molecule has 0 radical (unpaired) electrons. The van der Waals surface area contributed by atoms with Crippen molar-refractivity contribution in [2.75, 3.05) is 13.7 Å². The Labute approximate surface area is 149 Å². The summed E-state index contributed by atoms with van der Waals surface area (Å²) in [6.07, 6.45) is -5.55. The van der Waals surface area contributed by atoms with Gasteiger partial charge in [-0.3, -0.25) is 4.79 Å². The Morgan fingerprint density at radius 1 is 1.31 bits per heavy atom. The van der Waals surface area contributed by atoms with E-state index in [0.717, 1.165) is 0 Å². The van der Waals surface area contributed by atoms with Gasteiger partial charge in [-0.25, -0.2) is 0 Å². The van der Waals surface area contributed by atoms with Crippen LogP contribution in [0, 0.1) is 5.92 Å². The van der Waals surface area contributed by atoms with Crippen molar-refractivity contribution >= 4 is 11.6 Å². The molecule has 0 aromatic heterocycles. The molecule has 0 saturated carbocycles. The first-order chi connectivity index (χ1) is 12.1. The van der Waals surface area contributed by atoms with E-state index in [1.54, 1.807) is 12.1 Å². The number of alkyl halides is 3. The van der Waals surface area contributed by atoms with Crippen LogP contribution in [-0.4, -0.2) is 47.4 Å². The van der Waals surface area contributed by atoms with Gasteiger partial charge in [0.25, 0.3) is 11.6 Å². The molecule has 0 bridgehead atoms. The number of hydrazone groups is 1. The largest absolute Gasteiger partial charge is 0.497 e. The maximum Gasteiger partial charge on any atom is 0.438 e. The zero-order chi connectivity index (χ0) is 19.5. The molecule has 1 aromatic carbocycles. The van der Waals surface area contributed by atoms with Crippen molar-refractivity contribution < 1.29 is 32.5 Å². The monoisotopic (exact) mass is 374 g/mol. The van der Waals surface area contributed by atoms with Crippen LogP contribution >= 0.6 is 0 Å². The Kier molecular flexibility index (Phi) is 5.80. The van der Waals surface area contributed by atoms with Crippen LogP contribution < -0.4 is 9.47 Å². The number of amides is 1. The maximum atomic E-state index is 13.3. The van der Waals surface area contributed by atoms with Gasteiger partial charge in [0.15, 0.2) is 6.61 Å². The number of rotatable bonds is 6. The van der Waals surface area contributed by atoms with Crippen molar-refractivity contribution in [3.63, 3.8) is 0 Å². The van der Waals surface area contributed by atoms with Crippen molar-refractivity contribution in [1.29, 1.82) is 0 Å². The lowest BCUT2D eigenvalue weighted by Crippen LogP contribution is -2.57. The Morgan fingerprint density at radius 2 is 1.88 bits per heavy atom. The third-order valence-corrected chi connectivity index (χ3v) is 3.80. The minimum Gasteiger partial charge on any atom is -0.497 e. The summed E-state index contributed by atoms with van der Waals surface area (Å²) >= 11 is 0. The van der Waals surface area contributed by atoms with Gasteiger partial charge in [-0.15, -0.1) is 0 Å². The van der Waals surface area contributed by atoms with Crippen molar-refractivity contribution in [3.8, 4) is 11.5 Å². The number of carbonyl (C=O) groups is 1. The third kappa shape index (κ3) is 4.27. The van der Waals surface area contributed by atoms with E-state index in [4.69, 9.17) is 9.47 Å². The number of methoxy groups -OCH3 is 1. The van der Waals surface area contributed by atoms with Crippen molar-refractivity contribution in [2.24, 2.45) is 11.0 Å². The fraction of sp³-hybridized carbons (Fsp3) is 0.529. The van der Waals surface area contributed by atoms with Gasteiger partial charge in [0, 0.05) is 12.1 Å². The number of ether oxygens (including phenoxy) is 2. The highest BCUT2D eigenvalue weighted by Crippen LogP contribution is 2.41. The number of halogens is 3. The number of hydrogen-bond donors (Lipinski definition) is 1. The molecule has 1 aliphatic rings. The van der Waals surface area contributed by atoms with E-state index in [0.29, 0.717) is 5.75 Å². The lowest BCUT2D eigenvalue weighted by atomic mass is 9.99. The summed E-state index contributed by atoms with van der Waals surface area (Å²) in [5.41, 5.74) is -3.23. The number of nitrogens with zero attached hydrogens (tertiary/aromatic N) is 2. The normalized spacial score (nSPS) is 20.3. The van der Waals surface area contributed by atoms with Gasteiger partial charge in [-0.05, 0) is 36.6 Å². The zero-order valence-electron chi connectivity index (χ0n) is 14.7. The fourth-order valence-electron chi connectivity index (χ4n) is 2.56. The predicted octanol–water partition coefficient (Wildman–Crippen LogP) is 2.96. The molecule has 1 N–H and O–H groups in total. The standard InChI is InChI=1S/C17H21F3N2O4/c1-11(2)8-12-9-16(24,17(18,19)20)22(21-12)15(23)10-26-14-6-4-13(25-3)5-7-14/h4-7,11,24H,8-10H2,1-3H3/t16-/m0/s1. The molecule has 0 fully saturated rings. The van der Waals surface area contributed by atoms with Crippen molar-refractivity contribution in [3.05, 3.63) is 24.3 Å². The van der Waals surface area contributed by atoms with Gasteiger partial charge in [0.05, 0.1) is 7.11 Å². The molecular weight excluding hydrogens is 353 g/mol. The molecule has 1 aliphatic heterocycles. The van der Waals surface area contributed by atoms with E-state index in [2.05, 4.69) is 5.10 Å².